The average Bonchev–Trinajstić information content (AvgIpc) is 2.73. The minimum Gasteiger partial charge on any atom is -0.505 e. The number of primary amides is 1. The Hall–Kier alpha value is -2.45. The van der Waals surface area contributed by atoms with Crippen LogP contribution in [0.25, 0.3) is 0 Å². The number of amides is 1. The van der Waals surface area contributed by atoms with E-state index in [9.17, 15) is 14.3 Å². The number of rotatable bonds is 8. The number of nitrogens with zero attached hydrogens (tertiary/aromatic N) is 1. The van der Waals surface area contributed by atoms with Gasteiger partial charge in [0.05, 0.1) is 17.0 Å². The zero-order valence-electron chi connectivity index (χ0n) is 16.4. The highest BCUT2D eigenvalue weighted by Crippen LogP contribution is 2.40. The molecular weight excluding hydrogens is 462 g/mol. The molecule has 0 atom stereocenters. The minimum atomic E-state index is -0.555. The Bertz CT molecular complexity index is 1100. The summed E-state index contributed by atoms with van der Waals surface area (Å²) in [7, 11) is 1.50. The first-order valence-electron chi connectivity index (χ1n) is 9.09. The van der Waals surface area contributed by atoms with Gasteiger partial charge < -0.3 is 15.6 Å². The van der Waals surface area contributed by atoms with E-state index in [2.05, 4.69) is 0 Å². The summed E-state index contributed by atoms with van der Waals surface area (Å²) in [5.74, 6) is -0.475. The van der Waals surface area contributed by atoms with Crippen molar-refractivity contribution in [2.24, 2.45) is 5.73 Å². The van der Waals surface area contributed by atoms with Crippen LogP contribution in [0.1, 0.15) is 21.5 Å². The van der Waals surface area contributed by atoms with Crippen LogP contribution in [-0.2, 0) is 13.1 Å². The number of benzene rings is 3. The lowest BCUT2D eigenvalue weighted by molar-refractivity contribution is 0.1000. The first-order chi connectivity index (χ1) is 14.8. The van der Waals surface area contributed by atoms with Crippen LogP contribution in [0, 0.1) is 5.82 Å². The van der Waals surface area contributed by atoms with Gasteiger partial charge in [-0.2, -0.15) is 0 Å². The zero-order chi connectivity index (χ0) is 22.5. The lowest BCUT2D eigenvalue weighted by Gasteiger charge is -2.23. The van der Waals surface area contributed by atoms with E-state index in [4.69, 9.17) is 33.7 Å². The van der Waals surface area contributed by atoms with E-state index < -0.39 is 5.91 Å². The van der Waals surface area contributed by atoms with E-state index in [1.54, 1.807) is 36.4 Å². The molecule has 3 N–H and O–H groups in total. The number of phenols is 1. The number of hydrogen-bond donors (Lipinski definition) is 2. The van der Waals surface area contributed by atoms with E-state index in [0.29, 0.717) is 34.3 Å². The summed E-state index contributed by atoms with van der Waals surface area (Å²) in [5, 5.41) is 10.9. The Balaban J connectivity index is 1.94. The summed E-state index contributed by atoms with van der Waals surface area (Å²) < 4.78 is 20.7. The standard InChI is InChI=1S/C22H19Cl2FN2O3S/c1-30-19-8-14(22(26)29)4-5-15(19)12-27(11-13-2-6-17(25)7-3-13)31-20-10-16(23)9-18(24)21(20)28/h2-10,28H,11-12H2,1H3,(H2,26,29). The van der Waals surface area contributed by atoms with Crippen molar-refractivity contribution in [3.05, 3.63) is 87.2 Å². The number of nitrogens with two attached hydrogens (primary N) is 1. The summed E-state index contributed by atoms with van der Waals surface area (Å²) >= 11 is 13.4. The maximum atomic E-state index is 13.3. The van der Waals surface area contributed by atoms with Crippen molar-refractivity contribution < 1.29 is 19.0 Å². The second-order valence-electron chi connectivity index (χ2n) is 6.64. The number of aromatic hydroxyl groups is 1. The number of carbonyl (C=O) groups excluding carboxylic acids is 1. The molecule has 0 aromatic heterocycles. The van der Waals surface area contributed by atoms with Crippen LogP contribution in [0.3, 0.4) is 0 Å². The van der Waals surface area contributed by atoms with Crippen LogP contribution >= 0.6 is 35.1 Å². The van der Waals surface area contributed by atoms with E-state index in [1.165, 1.54) is 37.3 Å². The highest BCUT2D eigenvalue weighted by Gasteiger charge is 2.17. The van der Waals surface area contributed by atoms with Crippen LogP contribution in [0.2, 0.25) is 10.0 Å². The number of methoxy groups -OCH3 is 1. The number of carbonyl (C=O) groups is 1. The minimum absolute atomic E-state index is 0.0868. The zero-order valence-corrected chi connectivity index (χ0v) is 18.8. The number of halogens is 3. The molecule has 0 radical (unpaired) electrons. The van der Waals surface area contributed by atoms with Gasteiger partial charge in [-0.1, -0.05) is 41.4 Å². The lowest BCUT2D eigenvalue weighted by atomic mass is 10.1. The monoisotopic (exact) mass is 480 g/mol. The third kappa shape index (κ3) is 6.04. The molecule has 3 aromatic rings. The molecule has 0 bridgehead atoms. The van der Waals surface area contributed by atoms with Gasteiger partial charge in [0.15, 0.2) is 0 Å². The molecule has 0 aliphatic heterocycles. The maximum Gasteiger partial charge on any atom is 0.248 e. The van der Waals surface area contributed by atoms with Crippen molar-refractivity contribution in [2.75, 3.05) is 7.11 Å². The number of phenolic OH excluding ortho intramolecular Hbond substituents is 1. The predicted octanol–water partition coefficient (Wildman–Crippen LogP) is 5.66. The number of ether oxygens (including phenoxy) is 1. The van der Waals surface area contributed by atoms with Crippen LogP contribution in [0.5, 0.6) is 11.5 Å². The SMILES string of the molecule is COc1cc(C(N)=O)ccc1CN(Cc1ccc(F)cc1)Sc1cc(Cl)cc(Cl)c1O. The Labute approximate surface area is 193 Å². The Kier molecular flexibility index (Phi) is 7.67. The van der Waals surface area contributed by atoms with Crippen molar-refractivity contribution in [3.8, 4) is 11.5 Å². The van der Waals surface area contributed by atoms with Gasteiger partial charge in [-0.15, -0.1) is 0 Å². The Morgan fingerprint density at radius 2 is 1.84 bits per heavy atom. The lowest BCUT2D eigenvalue weighted by Crippen LogP contribution is -2.16. The first kappa shape index (κ1) is 23.2. The molecule has 3 aromatic carbocycles. The molecule has 0 heterocycles. The van der Waals surface area contributed by atoms with Crippen molar-refractivity contribution in [2.45, 2.75) is 18.0 Å². The number of hydrogen-bond acceptors (Lipinski definition) is 5. The second-order valence-corrected chi connectivity index (χ2v) is 8.62. The average molecular weight is 481 g/mol. The second kappa shape index (κ2) is 10.2. The summed E-state index contributed by atoms with van der Waals surface area (Å²) in [6.45, 7) is 0.781. The Morgan fingerprint density at radius 1 is 1.13 bits per heavy atom. The van der Waals surface area contributed by atoms with Gasteiger partial charge in [-0.25, -0.2) is 8.70 Å². The summed E-state index contributed by atoms with van der Waals surface area (Å²) in [6, 6.07) is 14.1. The molecular formula is C22H19Cl2FN2O3S. The maximum absolute atomic E-state index is 13.3. The van der Waals surface area contributed by atoms with Gasteiger partial charge in [0.25, 0.3) is 0 Å². The van der Waals surface area contributed by atoms with Crippen LogP contribution in [-0.4, -0.2) is 22.4 Å². The molecule has 0 unspecified atom stereocenters. The van der Waals surface area contributed by atoms with E-state index >= 15 is 0 Å². The van der Waals surface area contributed by atoms with E-state index in [0.717, 1.165) is 11.1 Å². The highest BCUT2D eigenvalue weighted by atomic mass is 35.5. The van der Waals surface area contributed by atoms with Gasteiger partial charge in [-0.05, 0) is 53.9 Å². The molecule has 0 spiro atoms. The fraction of sp³-hybridized carbons (Fsp3) is 0.136. The Morgan fingerprint density at radius 3 is 2.48 bits per heavy atom. The van der Waals surface area contributed by atoms with Crippen molar-refractivity contribution >= 4 is 41.1 Å². The molecule has 1 amide bonds. The van der Waals surface area contributed by atoms with Crippen LogP contribution in [0.15, 0.2) is 59.5 Å². The van der Waals surface area contributed by atoms with Crippen LogP contribution in [0.4, 0.5) is 4.39 Å². The van der Waals surface area contributed by atoms with Crippen molar-refractivity contribution in [3.63, 3.8) is 0 Å². The summed E-state index contributed by atoms with van der Waals surface area (Å²) in [5.41, 5.74) is 7.33. The third-order valence-electron chi connectivity index (χ3n) is 4.41. The van der Waals surface area contributed by atoms with E-state index in [1.807, 2.05) is 4.31 Å². The smallest absolute Gasteiger partial charge is 0.248 e. The van der Waals surface area contributed by atoms with Gasteiger partial charge in [-0.3, -0.25) is 4.79 Å². The summed E-state index contributed by atoms with van der Waals surface area (Å²) in [6.07, 6.45) is 0. The van der Waals surface area contributed by atoms with Gasteiger partial charge in [0, 0.05) is 29.2 Å². The van der Waals surface area contributed by atoms with E-state index in [-0.39, 0.29) is 16.6 Å². The van der Waals surface area contributed by atoms with Crippen LogP contribution < -0.4 is 10.5 Å². The third-order valence-corrected chi connectivity index (χ3v) is 5.94. The molecule has 162 valence electrons. The predicted molar refractivity (Wildman–Crippen MR) is 121 cm³/mol. The quantitative estimate of drug-likeness (QED) is 0.407. The molecule has 3 rings (SSSR count). The molecule has 0 aliphatic rings. The molecule has 0 saturated carbocycles. The molecule has 0 saturated heterocycles. The molecule has 0 aliphatic carbocycles. The molecule has 5 nitrogen and oxygen atoms in total. The largest absolute Gasteiger partial charge is 0.505 e. The molecule has 0 fully saturated rings. The van der Waals surface area contributed by atoms with Gasteiger partial charge in [0.2, 0.25) is 5.91 Å². The molecule has 9 heteroatoms. The first-order valence-corrected chi connectivity index (χ1v) is 10.6. The highest BCUT2D eigenvalue weighted by molar-refractivity contribution is 7.97. The topological polar surface area (TPSA) is 75.8 Å². The van der Waals surface area contributed by atoms with Crippen molar-refractivity contribution in [1.29, 1.82) is 0 Å². The normalized spacial score (nSPS) is 11.0. The summed E-state index contributed by atoms with van der Waals surface area (Å²) in [4.78, 5) is 11.9. The van der Waals surface area contributed by atoms with Gasteiger partial charge >= 0.3 is 0 Å². The molecule has 31 heavy (non-hydrogen) atoms. The fourth-order valence-electron chi connectivity index (χ4n) is 2.88. The van der Waals surface area contributed by atoms with Crippen molar-refractivity contribution in [1.82, 2.24) is 4.31 Å². The van der Waals surface area contributed by atoms with Gasteiger partial charge in [0.1, 0.15) is 17.3 Å². The fourth-order valence-corrected chi connectivity index (χ4v) is 4.57.